The molecule has 1 aromatic rings. The lowest BCUT2D eigenvalue weighted by atomic mass is 10.2. The van der Waals surface area contributed by atoms with E-state index in [1.807, 2.05) is 36.2 Å². The number of methoxy groups -OCH3 is 1. The number of hydrazone groups is 1. The highest BCUT2D eigenvalue weighted by Gasteiger charge is 2.57. The first kappa shape index (κ1) is 22.0. The van der Waals surface area contributed by atoms with Gasteiger partial charge in [-0.2, -0.15) is 5.10 Å². The zero-order valence-corrected chi connectivity index (χ0v) is 19.8. The fourth-order valence-electron chi connectivity index (χ4n) is 3.05. The van der Waals surface area contributed by atoms with Crippen LogP contribution in [-0.2, 0) is 19.1 Å². The Balaban J connectivity index is 2.07. The molecule has 0 saturated heterocycles. The van der Waals surface area contributed by atoms with E-state index >= 15 is 0 Å². The van der Waals surface area contributed by atoms with Crippen molar-refractivity contribution in [1.29, 1.82) is 0 Å². The summed E-state index contributed by atoms with van der Waals surface area (Å²) in [6.45, 7) is 4.14. The SMILES string of the molecule is CCCC1=C(C(=O)OCC)S[C@]2(SC(C(=O)OC)=NN2c2ccc(Br)cc2)N1C. The van der Waals surface area contributed by atoms with Crippen molar-refractivity contribution in [3.63, 3.8) is 0 Å². The fraction of sp³-hybridized carbons (Fsp3) is 0.421. The van der Waals surface area contributed by atoms with Gasteiger partial charge in [0.2, 0.25) is 9.37 Å². The third kappa shape index (κ3) is 4.02. The lowest BCUT2D eigenvalue weighted by Gasteiger charge is -2.39. The Kier molecular flexibility index (Phi) is 6.85. The average Bonchev–Trinajstić information content (AvgIpc) is 3.23. The summed E-state index contributed by atoms with van der Waals surface area (Å²) in [7, 11) is 3.25. The number of anilines is 1. The summed E-state index contributed by atoms with van der Waals surface area (Å²) in [5.41, 5.74) is 1.67. The molecule has 0 radical (unpaired) electrons. The van der Waals surface area contributed by atoms with Crippen LogP contribution in [0.3, 0.4) is 0 Å². The highest BCUT2D eigenvalue weighted by atomic mass is 79.9. The van der Waals surface area contributed by atoms with Crippen molar-refractivity contribution >= 4 is 62.1 Å². The van der Waals surface area contributed by atoms with E-state index in [1.165, 1.54) is 30.6 Å². The smallest absolute Gasteiger partial charge is 0.365 e. The second-order valence-corrected chi connectivity index (χ2v) is 9.76. The number of halogens is 1. The van der Waals surface area contributed by atoms with Crippen LogP contribution in [0.15, 0.2) is 44.4 Å². The molecule has 29 heavy (non-hydrogen) atoms. The Morgan fingerprint density at radius 2 is 1.86 bits per heavy atom. The molecular formula is C19H22BrN3O4S2. The monoisotopic (exact) mass is 499 g/mol. The third-order valence-corrected chi connectivity index (χ3v) is 7.89. The highest BCUT2D eigenvalue weighted by molar-refractivity contribution is 9.10. The molecule has 0 saturated carbocycles. The molecule has 0 N–H and O–H groups in total. The third-order valence-electron chi connectivity index (χ3n) is 4.39. The first-order chi connectivity index (χ1) is 13.9. The maximum atomic E-state index is 12.7. The number of benzene rings is 1. The molecule has 3 rings (SSSR count). The van der Waals surface area contributed by atoms with Gasteiger partial charge in [-0.25, -0.2) is 14.6 Å². The average molecular weight is 500 g/mol. The van der Waals surface area contributed by atoms with Crippen LogP contribution in [0.4, 0.5) is 5.69 Å². The number of ether oxygens (including phenoxy) is 2. The molecule has 0 amide bonds. The summed E-state index contributed by atoms with van der Waals surface area (Å²) in [5.74, 6) is -0.864. The minimum atomic E-state index is -0.857. The Bertz CT molecular complexity index is 875. The lowest BCUT2D eigenvalue weighted by molar-refractivity contribution is -0.137. The van der Waals surface area contributed by atoms with Crippen molar-refractivity contribution in [2.75, 3.05) is 25.8 Å². The predicted molar refractivity (Wildman–Crippen MR) is 120 cm³/mol. The van der Waals surface area contributed by atoms with E-state index in [-0.39, 0.29) is 11.0 Å². The quantitative estimate of drug-likeness (QED) is 0.534. The highest BCUT2D eigenvalue weighted by Crippen LogP contribution is 2.59. The molecule has 2 aliphatic heterocycles. The first-order valence-electron chi connectivity index (χ1n) is 9.12. The van der Waals surface area contributed by atoms with E-state index in [1.54, 1.807) is 11.9 Å². The van der Waals surface area contributed by atoms with E-state index in [9.17, 15) is 9.59 Å². The second-order valence-electron chi connectivity index (χ2n) is 6.24. The standard InChI is InChI=1S/C19H22BrN3O4S2/c1-5-7-14-15(17(24)27-6-2)28-19(22(14)3)23(13-10-8-12(20)9-11-13)21-16(29-19)18(25)26-4/h8-11H,5-7H2,1-4H3/t19-/m0/s1. The van der Waals surface area contributed by atoms with E-state index in [0.29, 0.717) is 17.9 Å². The van der Waals surface area contributed by atoms with E-state index < -0.39 is 10.3 Å². The van der Waals surface area contributed by atoms with E-state index in [4.69, 9.17) is 9.47 Å². The topological polar surface area (TPSA) is 71.4 Å². The van der Waals surface area contributed by atoms with Crippen LogP contribution in [0.5, 0.6) is 0 Å². The number of hydrogen-bond acceptors (Lipinski definition) is 9. The van der Waals surface area contributed by atoms with Crippen LogP contribution in [0.1, 0.15) is 26.7 Å². The Morgan fingerprint density at radius 3 is 2.45 bits per heavy atom. The molecule has 156 valence electrons. The van der Waals surface area contributed by atoms with Gasteiger partial charge in [0.1, 0.15) is 4.91 Å². The molecule has 1 spiro atoms. The summed E-state index contributed by atoms with van der Waals surface area (Å²) >= 11 is 6.06. The Labute approximate surface area is 187 Å². The second kappa shape index (κ2) is 9.01. The molecule has 1 aromatic carbocycles. The molecule has 2 heterocycles. The van der Waals surface area contributed by atoms with Gasteiger partial charge < -0.3 is 14.4 Å². The number of carbonyl (C=O) groups excluding carboxylic acids is 2. The van der Waals surface area contributed by atoms with Crippen molar-refractivity contribution in [2.45, 2.75) is 31.0 Å². The van der Waals surface area contributed by atoms with Crippen LogP contribution in [0.25, 0.3) is 0 Å². The van der Waals surface area contributed by atoms with Gasteiger partial charge in [0.15, 0.2) is 0 Å². The molecule has 7 nitrogen and oxygen atoms in total. The van der Waals surface area contributed by atoms with Crippen LogP contribution >= 0.6 is 39.5 Å². The van der Waals surface area contributed by atoms with Crippen LogP contribution in [-0.4, -0.2) is 47.0 Å². The zero-order valence-electron chi connectivity index (χ0n) is 16.6. The van der Waals surface area contributed by atoms with Crippen LogP contribution < -0.4 is 5.01 Å². The van der Waals surface area contributed by atoms with Gasteiger partial charge in [-0.3, -0.25) is 0 Å². The number of rotatable bonds is 6. The molecule has 0 unspecified atom stereocenters. The van der Waals surface area contributed by atoms with Gasteiger partial charge in [0.25, 0.3) is 0 Å². The summed E-state index contributed by atoms with van der Waals surface area (Å²) < 4.78 is 10.3. The summed E-state index contributed by atoms with van der Waals surface area (Å²) in [4.78, 5) is 27.5. The van der Waals surface area contributed by atoms with Crippen molar-refractivity contribution in [3.8, 4) is 0 Å². The minimum Gasteiger partial charge on any atom is -0.464 e. The molecule has 10 heteroatoms. The van der Waals surface area contributed by atoms with Crippen molar-refractivity contribution in [3.05, 3.63) is 39.3 Å². The lowest BCUT2D eigenvalue weighted by Crippen LogP contribution is -2.47. The van der Waals surface area contributed by atoms with Gasteiger partial charge in [-0.1, -0.05) is 41.0 Å². The van der Waals surface area contributed by atoms with Crippen LogP contribution in [0.2, 0.25) is 0 Å². The van der Waals surface area contributed by atoms with Crippen molar-refractivity contribution in [2.24, 2.45) is 5.10 Å². The minimum absolute atomic E-state index is 0.232. The zero-order chi connectivity index (χ0) is 21.2. The number of esters is 2. The summed E-state index contributed by atoms with van der Waals surface area (Å²) in [5, 5.41) is 6.56. The first-order valence-corrected chi connectivity index (χ1v) is 11.5. The van der Waals surface area contributed by atoms with Gasteiger partial charge in [-0.05, 0) is 49.4 Å². The molecule has 2 aliphatic rings. The maximum Gasteiger partial charge on any atom is 0.365 e. The molecule has 0 bridgehead atoms. The van der Waals surface area contributed by atoms with Crippen molar-refractivity contribution in [1.82, 2.24) is 4.90 Å². The van der Waals surface area contributed by atoms with Gasteiger partial charge in [0, 0.05) is 17.2 Å². The number of allylic oxidation sites excluding steroid dienone is 1. The summed E-state index contributed by atoms with van der Waals surface area (Å²) in [6.07, 6.45) is 1.58. The number of carbonyl (C=O) groups is 2. The molecule has 0 fully saturated rings. The molecule has 0 aromatic heterocycles. The Morgan fingerprint density at radius 1 is 1.17 bits per heavy atom. The number of thioether (sulfide) groups is 2. The molecule has 0 aliphatic carbocycles. The summed E-state index contributed by atoms with van der Waals surface area (Å²) in [6, 6.07) is 7.63. The van der Waals surface area contributed by atoms with Gasteiger partial charge >= 0.3 is 11.9 Å². The largest absolute Gasteiger partial charge is 0.464 e. The Hall–Kier alpha value is -1.65. The number of nitrogens with zero attached hydrogens (tertiary/aromatic N) is 3. The maximum absolute atomic E-state index is 12.7. The van der Waals surface area contributed by atoms with E-state index in [2.05, 4.69) is 28.0 Å². The van der Waals surface area contributed by atoms with Gasteiger partial charge in [0.05, 0.1) is 19.4 Å². The fourth-order valence-corrected chi connectivity index (χ4v) is 6.23. The van der Waals surface area contributed by atoms with Crippen LogP contribution in [0, 0.1) is 0 Å². The van der Waals surface area contributed by atoms with Crippen molar-refractivity contribution < 1.29 is 19.1 Å². The normalized spacial score (nSPS) is 21.1. The van der Waals surface area contributed by atoms with E-state index in [0.717, 1.165) is 22.3 Å². The number of hydrogen-bond donors (Lipinski definition) is 0. The molecular weight excluding hydrogens is 478 g/mol. The van der Waals surface area contributed by atoms with Gasteiger partial charge in [-0.15, -0.1) is 0 Å². The predicted octanol–water partition coefficient (Wildman–Crippen LogP) is 4.35. The molecule has 1 atom stereocenters.